The molecular weight excluding hydrogens is 1380 g/mol. The van der Waals surface area contributed by atoms with E-state index in [2.05, 4.69) is 5.73 Å². The van der Waals surface area contributed by atoms with Crippen LogP contribution < -0.4 is 11.5 Å². The summed E-state index contributed by atoms with van der Waals surface area (Å²) in [4.78, 5) is 107. The zero-order valence-corrected chi connectivity index (χ0v) is 50.4. The Kier molecular flexibility index (Phi) is 48.0. The highest BCUT2D eigenvalue weighted by atomic mass is 16.8. The monoisotopic (exact) mass is 1460 g/mol. The molecule has 1 aromatic rings. The number of carbonyl (C=O) groups is 11. The van der Waals surface area contributed by atoms with Crippen LogP contribution in [0.15, 0.2) is 42.5 Å². The number of ether oxygens (including phenoxy) is 4. The van der Waals surface area contributed by atoms with Crippen molar-refractivity contribution in [1.29, 1.82) is 0 Å². The number of rotatable bonds is 19. The molecule has 49 heteroatoms. The molecule has 1 aliphatic carbocycles. The average molecular weight is 1460 g/mol. The zero-order chi connectivity index (χ0) is 78.4. The Morgan fingerprint density at radius 1 is 0.434 bits per heavy atom. The Morgan fingerprint density at radius 3 is 0.929 bits per heavy atom. The van der Waals surface area contributed by atoms with Crippen LogP contribution in [0.1, 0.15) is 29.6 Å². The number of carboxylic acids is 11. The van der Waals surface area contributed by atoms with E-state index in [0.29, 0.717) is 17.7 Å². The second kappa shape index (κ2) is 48.7. The predicted octanol–water partition coefficient (Wildman–Crippen LogP) is -16.2. The van der Waals surface area contributed by atoms with Crippen LogP contribution in [0.4, 0.5) is 0 Å². The minimum atomic E-state index is -2.74. The van der Waals surface area contributed by atoms with Gasteiger partial charge in [0, 0.05) is 12.2 Å². The van der Waals surface area contributed by atoms with Gasteiger partial charge in [0.25, 0.3) is 0 Å². The second-order valence-corrected chi connectivity index (χ2v) is 19.6. The molecule has 1 saturated carbocycles. The normalized spacial score (nSPS) is 30.2. The van der Waals surface area contributed by atoms with E-state index in [4.69, 9.17) is 147 Å². The number of hydrogen-bond acceptors (Lipinski definition) is 38. The van der Waals surface area contributed by atoms with Crippen LogP contribution in [0.25, 0.3) is 0 Å². The quantitative estimate of drug-likeness (QED) is 0.0452. The molecule has 49 nitrogen and oxygen atoms in total. The summed E-state index contributed by atoms with van der Waals surface area (Å²) in [5, 5.41) is 280. The van der Waals surface area contributed by atoms with Crippen molar-refractivity contribution in [3.05, 3.63) is 48.0 Å². The molecule has 5 rings (SSSR count). The topological polar surface area (TPSA) is 924 Å². The largest absolute Gasteiger partial charge is 0.481 e. The third kappa shape index (κ3) is 37.2. The first-order chi connectivity index (χ1) is 45.4. The molecule has 572 valence electrons. The van der Waals surface area contributed by atoms with Gasteiger partial charge in [-0.3, -0.25) is 24.0 Å². The Balaban J connectivity index is -0.000000531. The molecule has 0 spiro atoms. The van der Waals surface area contributed by atoms with E-state index in [1.807, 2.05) is 0 Å². The minimum absolute atomic E-state index is 0.278. The van der Waals surface area contributed by atoms with Crippen molar-refractivity contribution >= 4 is 65.7 Å². The first-order valence-corrected chi connectivity index (χ1v) is 26.8. The fourth-order valence-corrected chi connectivity index (χ4v) is 6.66. The van der Waals surface area contributed by atoms with Crippen LogP contribution in [0.5, 0.6) is 0 Å². The van der Waals surface area contributed by atoms with Crippen molar-refractivity contribution < 1.29 is 235 Å². The number of benzene rings is 1. The van der Waals surface area contributed by atoms with Crippen molar-refractivity contribution in [2.24, 2.45) is 11.5 Å². The zero-order valence-electron chi connectivity index (χ0n) is 50.4. The van der Waals surface area contributed by atoms with E-state index in [1.54, 1.807) is 30.3 Å². The predicted molar refractivity (Wildman–Crippen MR) is 301 cm³/mol. The van der Waals surface area contributed by atoms with Crippen molar-refractivity contribution in [3.63, 3.8) is 0 Å². The molecule has 1 aromatic carbocycles. The van der Waals surface area contributed by atoms with Gasteiger partial charge in [-0.25, -0.2) is 28.8 Å². The minimum Gasteiger partial charge on any atom is -0.481 e. The first kappa shape index (κ1) is 97.4. The van der Waals surface area contributed by atoms with Gasteiger partial charge in [-0.15, -0.1) is 0 Å². The van der Waals surface area contributed by atoms with Gasteiger partial charge in [0.05, 0.1) is 50.8 Å². The molecule has 3 aliphatic heterocycles. The molecule has 2 unspecified atom stereocenters. The maximum atomic E-state index is 10.3. The third-order valence-electron chi connectivity index (χ3n) is 12.0. The SMILES string of the molecule is NCC(=O)O.N[C@@H]1[C@@H](O)[C@H](O)[C@@H](CO)O[C@H]1O.O=C(O)/C=C/C(=O)O.O=C(O)C(O)C(O)C(=O)O.O=C(O)CC(=O)O.O=C(O)CC(O)(CC(=O)O)C(=O)O.O=C(O)c1ccccc1.OC[C@H]1O[C@H](O[C@H]2O[C@H](CO)[C@@H](O)[C@H](O)[C@H]2O)[C@H](O)[C@@H](O)[C@@H]1O.O[C@H]1[C@H](O)[C@@H](O)[C@H](O)[C@@H](O)[C@H]1O. The summed E-state index contributed by atoms with van der Waals surface area (Å²) in [5.74, 6) is -15.5. The van der Waals surface area contributed by atoms with Crippen molar-refractivity contribution in [1.82, 2.24) is 0 Å². The molecule has 0 aromatic heterocycles. The van der Waals surface area contributed by atoms with Crippen molar-refractivity contribution in [3.8, 4) is 0 Å². The lowest BCUT2D eigenvalue weighted by atomic mass is 9.85. The smallest absolute Gasteiger partial charge is 0.336 e. The van der Waals surface area contributed by atoms with Gasteiger partial charge in [-0.2, -0.15) is 0 Å². The van der Waals surface area contributed by atoms with Gasteiger partial charge in [-0.05, 0) is 12.1 Å². The van der Waals surface area contributed by atoms with Crippen molar-refractivity contribution in [2.45, 2.75) is 166 Å². The van der Waals surface area contributed by atoms with Crippen LogP contribution in [-0.4, -0.2) is 402 Å². The fraction of sp³-hybridized carbons (Fsp3) is 0.620. The number of aromatic carboxylic acids is 1. The fourth-order valence-electron chi connectivity index (χ4n) is 6.66. The van der Waals surface area contributed by atoms with Crippen LogP contribution in [0.2, 0.25) is 0 Å². The van der Waals surface area contributed by atoms with Gasteiger partial charge >= 0.3 is 65.7 Å². The summed E-state index contributed by atoms with van der Waals surface area (Å²) in [6.45, 7) is -2.08. The van der Waals surface area contributed by atoms with Crippen LogP contribution in [-0.2, 0) is 66.9 Å². The Bertz CT molecular complexity index is 2480. The summed E-state index contributed by atoms with van der Waals surface area (Å²) in [7, 11) is 0. The average Bonchev–Trinajstić information content (AvgIpc) is 0.808. The molecule has 36 N–H and O–H groups in total. The second-order valence-electron chi connectivity index (χ2n) is 19.6. The van der Waals surface area contributed by atoms with Gasteiger partial charge < -0.3 is 194 Å². The number of aliphatic hydroxyl groups excluding tert-OH is 20. The molecule has 4 fully saturated rings. The van der Waals surface area contributed by atoms with Crippen LogP contribution in [0, 0.1) is 0 Å². The summed E-state index contributed by atoms with van der Waals surface area (Å²) in [6.07, 6.45) is -36.8. The van der Waals surface area contributed by atoms with Crippen LogP contribution in [0.3, 0.4) is 0 Å². The van der Waals surface area contributed by atoms with Gasteiger partial charge in [0.2, 0.25) is 0 Å². The van der Waals surface area contributed by atoms with E-state index in [1.165, 1.54) is 0 Å². The molecule has 0 bridgehead atoms. The Hall–Kier alpha value is -7.95. The highest BCUT2D eigenvalue weighted by molar-refractivity contribution is 5.90. The van der Waals surface area contributed by atoms with Crippen molar-refractivity contribution in [2.75, 3.05) is 26.4 Å². The third-order valence-corrected chi connectivity index (χ3v) is 12.0. The number of nitrogens with two attached hydrogens (primary N) is 2. The molecule has 99 heavy (non-hydrogen) atoms. The van der Waals surface area contributed by atoms with Gasteiger partial charge in [-0.1, -0.05) is 18.2 Å². The summed E-state index contributed by atoms with van der Waals surface area (Å²) < 4.78 is 20.0. The van der Waals surface area contributed by atoms with E-state index in [9.17, 15) is 93.6 Å². The molecule has 3 heterocycles. The Morgan fingerprint density at radius 2 is 0.717 bits per heavy atom. The lowest BCUT2D eigenvalue weighted by Crippen LogP contribution is -2.63. The summed E-state index contributed by atoms with van der Waals surface area (Å²) >= 11 is 0. The Labute approximate surface area is 551 Å². The number of carboxylic acid groups (broad SMARTS) is 11. The molecule has 0 amide bonds. The maximum Gasteiger partial charge on any atom is 0.336 e. The standard InChI is InChI=1S/C12H22O11.C7H6O2.C6H13NO5.C6H8O7.C6H12O6.C4H6O6.C4H4O4.C3H4O4.C2H5NO2/c13-1-3-5(15)7(17)9(19)11(21-3)23-12-10(20)8(18)6(16)4(2-14)22-12;8-7(9)6-4-2-1-3-5-6;7-3-5(10)4(9)2(1-8)12-6(3)11;7-3(8)1-6(13,5(11)12)2-4(9)10;7-1-2(8)4(10)6(12)5(11)3(1)9;5-1(3(7)8)2(6)4(9)10;5-3(6)1-2-4(7)8;4-2(5)1-3(6)7;3-1-2(4)5/h3-20H,1-2H2;1-5H,(H,8,9);2-6,8-11H,1,7H2;13H,1-2H2,(H,7,8)(H,9,10)(H,11,12);1-12H;1-2,5-6H,(H,7,8)(H,9,10);1-2H,(H,5,6)(H,7,8);1H2,(H,4,5)(H,6,7);1,3H2,(H,4,5)/b;;;;;;2-1+;;/t3-,4-,5-,6-,7+,8+,9-,10-,11-,12-;;2-,3-,4-,5-,6-;;1-,2-,3-,4+,5-,6-;;;;/m1.1....../s1. The van der Waals surface area contributed by atoms with Gasteiger partial charge in [0.15, 0.2) is 36.7 Å². The van der Waals surface area contributed by atoms with E-state index >= 15 is 0 Å². The lowest BCUT2D eigenvalue weighted by molar-refractivity contribution is -0.376. The molecular formula is C50H80N2O47. The van der Waals surface area contributed by atoms with Gasteiger partial charge in [0.1, 0.15) is 110 Å². The summed E-state index contributed by atoms with van der Waals surface area (Å²) in [6, 6.07) is 7.26. The van der Waals surface area contributed by atoms with Crippen LogP contribution >= 0.6 is 0 Å². The molecule has 0 radical (unpaired) electrons. The highest BCUT2D eigenvalue weighted by Crippen LogP contribution is 2.28. The number of aliphatic carboxylic acids is 10. The van der Waals surface area contributed by atoms with E-state index in [0.717, 1.165) is 0 Å². The van der Waals surface area contributed by atoms with E-state index < -0.39 is 251 Å². The lowest BCUT2D eigenvalue weighted by Gasteiger charge is -2.44. The molecule has 17 atom stereocenters. The highest BCUT2D eigenvalue weighted by Gasteiger charge is 2.51. The molecule has 4 aliphatic rings. The maximum absolute atomic E-state index is 10.3. The summed E-state index contributed by atoms with van der Waals surface area (Å²) in [5.41, 5.74) is 7.43. The number of hydrogen-bond donors (Lipinski definition) is 34. The molecule has 3 saturated heterocycles. The van der Waals surface area contributed by atoms with E-state index in [-0.39, 0.29) is 6.54 Å². The number of aliphatic hydroxyl groups is 21. The first-order valence-electron chi connectivity index (χ1n) is 26.8.